The number of carbonyl (C=O) groups is 2. The fourth-order valence-corrected chi connectivity index (χ4v) is 11.3. The predicted molar refractivity (Wildman–Crippen MR) is 178 cm³/mol. The van der Waals surface area contributed by atoms with Crippen LogP contribution < -0.4 is 5.32 Å². The van der Waals surface area contributed by atoms with Gasteiger partial charge in [0.25, 0.3) is 0 Å². The van der Waals surface area contributed by atoms with E-state index in [0.717, 1.165) is 47.7 Å². The number of aliphatic carboxylic acids is 1. The van der Waals surface area contributed by atoms with Crippen molar-refractivity contribution in [3.8, 4) is 5.75 Å². The molecule has 4 saturated carbocycles. The van der Waals surface area contributed by atoms with E-state index >= 15 is 0 Å². The van der Waals surface area contributed by atoms with Crippen molar-refractivity contribution >= 4 is 57.1 Å². The molecule has 4 aliphatic rings. The van der Waals surface area contributed by atoms with E-state index in [1.54, 1.807) is 12.1 Å². The standard InChI is InChI=1S/C33H47I2NO6/c1-17(4-9-30(40)36-27(31(41)42)13-18-12-26(35)28(38)16-25(18)34)22-7-8-23-21-6-5-19-14-20(37)10-11-32(19,2)24(21)15-29(39)33(22,23)3/h12,16-17,19-24,27,29,37-39H,4-11,13-15H2,1-3H3,(H,36,40)(H,41,42)/t17-,19?,20-,21+,22-,23+,24+,27+,29+,32+,33-/m1/s1. The van der Waals surface area contributed by atoms with Gasteiger partial charge in [0.15, 0.2) is 0 Å². The van der Waals surface area contributed by atoms with Crippen molar-refractivity contribution in [2.24, 2.45) is 46.3 Å². The van der Waals surface area contributed by atoms with Gasteiger partial charge in [-0.15, -0.1) is 0 Å². The summed E-state index contributed by atoms with van der Waals surface area (Å²) in [5.74, 6) is 1.60. The number of hydrogen-bond donors (Lipinski definition) is 5. The van der Waals surface area contributed by atoms with Gasteiger partial charge < -0.3 is 25.7 Å². The zero-order valence-electron chi connectivity index (χ0n) is 25.0. The number of hydrogen-bond acceptors (Lipinski definition) is 5. The molecule has 0 saturated heterocycles. The second kappa shape index (κ2) is 12.6. The zero-order chi connectivity index (χ0) is 30.6. The monoisotopic (exact) mass is 807 g/mol. The third-order valence-corrected chi connectivity index (χ3v) is 14.4. The number of benzene rings is 1. The molecule has 9 heteroatoms. The molecule has 0 heterocycles. The molecule has 4 fully saturated rings. The molecule has 1 amide bonds. The minimum Gasteiger partial charge on any atom is -0.507 e. The first kappa shape index (κ1) is 32.7. The van der Waals surface area contributed by atoms with Crippen LogP contribution in [0.2, 0.25) is 0 Å². The third-order valence-electron chi connectivity index (χ3n) is 12.5. The number of carbonyl (C=O) groups excluding carboxylic acids is 1. The van der Waals surface area contributed by atoms with Crippen LogP contribution in [0.3, 0.4) is 0 Å². The minimum atomic E-state index is -1.07. The second-order valence-electron chi connectivity index (χ2n) is 14.5. The molecule has 234 valence electrons. The second-order valence-corrected chi connectivity index (χ2v) is 16.8. The summed E-state index contributed by atoms with van der Waals surface area (Å²) in [5, 5.41) is 44.6. The van der Waals surface area contributed by atoms with E-state index in [1.807, 2.05) is 22.6 Å². The molecule has 42 heavy (non-hydrogen) atoms. The SMILES string of the molecule is C[C@H](CCC(=O)N[C@@H](Cc1cc(I)c(O)cc1I)C(=O)O)[C@H]1CC[C@H]2[C@@H]3CCC4C[C@H](O)CC[C@]4(C)[C@H]3C[C@H](O)[C@]12C. The Balaban J connectivity index is 1.21. The number of phenolic OH excluding ortho intramolecular Hbond substituents is 1. The number of fused-ring (bicyclic) bond motifs is 5. The Morgan fingerprint density at radius 1 is 1.02 bits per heavy atom. The first-order valence-corrected chi connectivity index (χ1v) is 18.0. The molecule has 0 spiro atoms. The molecular weight excluding hydrogens is 760 g/mol. The molecule has 0 bridgehead atoms. The van der Waals surface area contributed by atoms with Crippen LogP contribution in [0.1, 0.15) is 90.5 Å². The first-order chi connectivity index (χ1) is 19.7. The highest BCUT2D eigenvalue weighted by molar-refractivity contribution is 14.1. The number of rotatable bonds is 8. The van der Waals surface area contributed by atoms with Crippen LogP contribution in [0.15, 0.2) is 12.1 Å². The predicted octanol–water partition coefficient (Wildman–Crippen LogP) is 6.12. The van der Waals surface area contributed by atoms with Crippen molar-refractivity contribution in [2.45, 2.75) is 110 Å². The lowest BCUT2D eigenvalue weighted by Gasteiger charge is -2.62. The van der Waals surface area contributed by atoms with Crippen molar-refractivity contribution in [3.63, 3.8) is 0 Å². The minimum absolute atomic E-state index is 0.154. The van der Waals surface area contributed by atoms with Crippen LogP contribution in [0.25, 0.3) is 0 Å². The highest BCUT2D eigenvalue weighted by atomic mass is 127. The number of nitrogens with one attached hydrogen (secondary N) is 1. The van der Waals surface area contributed by atoms with Gasteiger partial charge in [0, 0.05) is 16.4 Å². The number of halogens is 2. The van der Waals surface area contributed by atoms with Gasteiger partial charge in [-0.25, -0.2) is 4.79 Å². The Labute approximate surface area is 277 Å². The van der Waals surface area contributed by atoms with Gasteiger partial charge in [-0.2, -0.15) is 0 Å². The largest absolute Gasteiger partial charge is 0.507 e. The first-order valence-electron chi connectivity index (χ1n) is 15.8. The van der Waals surface area contributed by atoms with E-state index in [2.05, 4.69) is 48.7 Å². The summed E-state index contributed by atoms with van der Waals surface area (Å²) < 4.78 is 1.41. The molecule has 0 radical (unpaired) electrons. The summed E-state index contributed by atoms with van der Waals surface area (Å²) in [7, 11) is 0. The lowest BCUT2D eigenvalue weighted by Crippen LogP contribution is -2.58. The van der Waals surface area contributed by atoms with Gasteiger partial charge in [0.1, 0.15) is 11.8 Å². The summed E-state index contributed by atoms with van der Waals surface area (Å²) in [4.78, 5) is 25.0. The fraction of sp³-hybridized carbons (Fsp3) is 0.758. The normalized spacial score (nSPS) is 39.0. The molecule has 4 aliphatic carbocycles. The molecular formula is C33H47I2NO6. The number of phenols is 1. The van der Waals surface area contributed by atoms with Crippen molar-refractivity contribution < 1.29 is 30.0 Å². The summed E-state index contributed by atoms with van der Waals surface area (Å²) in [6, 6.07) is 2.34. The van der Waals surface area contributed by atoms with Gasteiger partial charge in [0.05, 0.1) is 15.8 Å². The topological polar surface area (TPSA) is 127 Å². The van der Waals surface area contributed by atoms with Gasteiger partial charge in [0.2, 0.25) is 5.91 Å². The average Bonchev–Trinajstić information content (AvgIpc) is 3.29. The Morgan fingerprint density at radius 3 is 2.48 bits per heavy atom. The molecule has 11 atom stereocenters. The van der Waals surface area contributed by atoms with Crippen molar-refractivity contribution in [3.05, 3.63) is 24.8 Å². The van der Waals surface area contributed by atoms with E-state index in [1.165, 1.54) is 12.8 Å². The van der Waals surface area contributed by atoms with Gasteiger partial charge in [-0.05, 0) is 167 Å². The summed E-state index contributed by atoms with van der Waals surface area (Å²) >= 11 is 4.09. The van der Waals surface area contributed by atoms with E-state index in [0.29, 0.717) is 39.6 Å². The molecule has 0 aromatic heterocycles. The molecule has 1 aromatic carbocycles. The maximum Gasteiger partial charge on any atom is 0.326 e. The molecule has 1 unspecified atom stereocenters. The van der Waals surface area contributed by atoms with Crippen LogP contribution >= 0.6 is 45.2 Å². The lowest BCUT2D eigenvalue weighted by molar-refractivity contribution is -0.175. The Morgan fingerprint density at radius 2 is 1.76 bits per heavy atom. The molecule has 0 aliphatic heterocycles. The maximum atomic E-state index is 13.0. The van der Waals surface area contributed by atoms with Crippen LogP contribution in [0.5, 0.6) is 5.75 Å². The zero-order valence-corrected chi connectivity index (χ0v) is 29.3. The van der Waals surface area contributed by atoms with Crippen molar-refractivity contribution in [1.29, 1.82) is 0 Å². The lowest BCUT2D eigenvalue weighted by atomic mass is 9.43. The third kappa shape index (κ3) is 5.98. The fourth-order valence-electron chi connectivity index (χ4n) is 10.1. The number of aromatic hydroxyl groups is 1. The van der Waals surface area contributed by atoms with Gasteiger partial charge in [-0.1, -0.05) is 20.8 Å². The number of carboxylic acid groups (broad SMARTS) is 1. The maximum absolute atomic E-state index is 13.0. The molecule has 5 N–H and O–H groups in total. The van der Waals surface area contributed by atoms with E-state index in [4.69, 9.17) is 0 Å². The number of aliphatic hydroxyl groups excluding tert-OH is 2. The van der Waals surface area contributed by atoms with E-state index in [-0.39, 0.29) is 53.5 Å². The summed E-state index contributed by atoms with van der Waals surface area (Å²) in [6.07, 6.45) is 8.84. The summed E-state index contributed by atoms with van der Waals surface area (Å²) in [6.45, 7) is 6.96. The molecule has 1 aromatic rings. The van der Waals surface area contributed by atoms with E-state index < -0.39 is 12.0 Å². The van der Waals surface area contributed by atoms with Crippen LogP contribution in [0, 0.1) is 53.5 Å². The molecule has 5 rings (SSSR count). The smallest absolute Gasteiger partial charge is 0.326 e. The van der Waals surface area contributed by atoms with Crippen molar-refractivity contribution in [2.75, 3.05) is 0 Å². The van der Waals surface area contributed by atoms with Crippen LogP contribution in [0.4, 0.5) is 0 Å². The number of aliphatic hydroxyl groups is 2. The highest BCUT2D eigenvalue weighted by Crippen LogP contribution is 2.68. The quantitative estimate of drug-likeness (QED) is 0.202. The van der Waals surface area contributed by atoms with Crippen molar-refractivity contribution in [1.82, 2.24) is 5.32 Å². The molecule has 7 nitrogen and oxygen atoms in total. The van der Waals surface area contributed by atoms with E-state index in [9.17, 15) is 30.0 Å². The Kier molecular flexibility index (Phi) is 9.83. The average molecular weight is 808 g/mol. The Hall–Kier alpha value is -0.660. The van der Waals surface area contributed by atoms with Gasteiger partial charge in [-0.3, -0.25) is 4.79 Å². The van der Waals surface area contributed by atoms with Crippen LogP contribution in [-0.2, 0) is 16.0 Å². The number of carboxylic acids is 1. The number of amides is 1. The highest BCUT2D eigenvalue weighted by Gasteiger charge is 2.63. The Bertz CT molecular complexity index is 1200. The van der Waals surface area contributed by atoms with Crippen LogP contribution in [-0.4, -0.2) is 50.6 Å². The summed E-state index contributed by atoms with van der Waals surface area (Å²) in [5.41, 5.74) is 0.828. The van der Waals surface area contributed by atoms with Gasteiger partial charge >= 0.3 is 5.97 Å².